The third kappa shape index (κ3) is 2.46. The summed E-state index contributed by atoms with van der Waals surface area (Å²) in [6.07, 6.45) is 2.81. The third-order valence-electron chi connectivity index (χ3n) is 5.26. The number of carbonyl (C=O) groups excluding carboxylic acids is 1. The molecule has 0 aliphatic carbocycles. The number of β-amino-alcohol motifs (C(OH)–C–C–N with tert-alkyl or cyclic N) is 1. The van der Waals surface area contributed by atoms with Crippen LogP contribution in [0.2, 0.25) is 0 Å². The van der Waals surface area contributed by atoms with Gasteiger partial charge in [-0.25, -0.2) is 9.97 Å². The van der Waals surface area contributed by atoms with Crippen LogP contribution in [0, 0.1) is 12.3 Å². The van der Waals surface area contributed by atoms with Crippen LogP contribution in [0.3, 0.4) is 0 Å². The van der Waals surface area contributed by atoms with Crippen molar-refractivity contribution in [3.8, 4) is 0 Å². The van der Waals surface area contributed by atoms with Gasteiger partial charge in [-0.2, -0.15) is 0 Å². The van der Waals surface area contributed by atoms with Crippen molar-refractivity contribution < 1.29 is 9.90 Å². The average Bonchev–Trinajstić information content (AvgIpc) is 3.19. The number of fused-ring (bicyclic) bond motifs is 1. The van der Waals surface area contributed by atoms with Crippen LogP contribution in [-0.2, 0) is 4.79 Å². The van der Waals surface area contributed by atoms with Gasteiger partial charge in [0.05, 0.1) is 17.4 Å². The number of aliphatic hydroxyl groups excluding tert-OH is 1. The Labute approximate surface area is 145 Å². The Bertz CT molecular complexity index is 775. The molecule has 0 radical (unpaired) electrons. The highest BCUT2D eigenvalue weighted by Gasteiger charge is 2.48. The number of hydrogen-bond acceptors (Lipinski definition) is 6. The van der Waals surface area contributed by atoms with E-state index in [1.54, 1.807) is 11.3 Å². The van der Waals surface area contributed by atoms with Gasteiger partial charge in [-0.1, -0.05) is 0 Å². The number of carbonyl (C=O) groups is 1. The molecule has 2 aromatic rings. The smallest absolute Gasteiger partial charge is 0.230 e. The number of rotatable bonds is 3. The number of aromatic nitrogens is 2. The Hall–Kier alpha value is -1.73. The molecule has 4 heterocycles. The van der Waals surface area contributed by atoms with Crippen LogP contribution in [0.4, 0.5) is 5.82 Å². The minimum absolute atomic E-state index is 0.0339. The number of anilines is 1. The summed E-state index contributed by atoms with van der Waals surface area (Å²) in [6, 6.07) is 2.07. The number of thiophene rings is 1. The summed E-state index contributed by atoms with van der Waals surface area (Å²) in [4.78, 5) is 27.2. The number of aliphatic hydroxyl groups is 1. The molecule has 2 aliphatic rings. The van der Waals surface area contributed by atoms with E-state index in [0.717, 1.165) is 60.8 Å². The molecule has 4 rings (SSSR count). The van der Waals surface area contributed by atoms with E-state index in [9.17, 15) is 9.90 Å². The highest BCUT2D eigenvalue weighted by atomic mass is 32.1. The average molecular weight is 346 g/mol. The molecular formula is C17H22N4O2S. The molecule has 2 aromatic heterocycles. The molecule has 24 heavy (non-hydrogen) atoms. The summed E-state index contributed by atoms with van der Waals surface area (Å²) in [5.74, 6) is 1.94. The van der Waals surface area contributed by atoms with Crippen molar-refractivity contribution in [3.05, 3.63) is 17.3 Å². The summed E-state index contributed by atoms with van der Waals surface area (Å²) in [6.45, 7) is 4.73. The van der Waals surface area contributed by atoms with Crippen LogP contribution in [-0.4, -0.2) is 58.7 Å². The van der Waals surface area contributed by atoms with Gasteiger partial charge in [-0.15, -0.1) is 11.3 Å². The third-order valence-corrected chi connectivity index (χ3v) is 6.07. The molecule has 0 bridgehead atoms. The molecule has 6 nitrogen and oxygen atoms in total. The monoisotopic (exact) mass is 346 g/mol. The lowest BCUT2D eigenvalue weighted by molar-refractivity contribution is -0.145. The van der Waals surface area contributed by atoms with Crippen molar-refractivity contribution in [2.75, 3.05) is 37.7 Å². The van der Waals surface area contributed by atoms with Crippen molar-refractivity contribution in [3.63, 3.8) is 0 Å². The largest absolute Gasteiger partial charge is 0.395 e. The fraction of sp³-hybridized carbons (Fsp3) is 0.588. The molecule has 2 fully saturated rings. The number of aryl methyl sites for hydroxylation is 1. The standard InChI is InChI=1S/C17H22N4O2S/c1-12-18-14(13-3-10-24-15(13)19-12)21-7-5-17(11-21)4-2-6-20(8-9-22)16(17)23/h3,10,22H,2,4-9,11H2,1H3. The van der Waals surface area contributed by atoms with Crippen LogP contribution in [0.25, 0.3) is 10.2 Å². The highest BCUT2D eigenvalue weighted by molar-refractivity contribution is 7.16. The van der Waals surface area contributed by atoms with E-state index in [1.165, 1.54) is 0 Å². The first-order chi connectivity index (χ1) is 11.6. The van der Waals surface area contributed by atoms with Crippen LogP contribution < -0.4 is 4.90 Å². The fourth-order valence-corrected chi connectivity index (χ4v) is 4.91. The maximum Gasteiger partial charge on any atom is 0.230 e. The van der Waals surface area contributed by atoms with Gasteiger partial charge in [0.2, 0.25) is 5.91 Å². The molecular weight excluding hydrogens is 324 g/mol. The SMILES string of the molecule is Cc1nc(N2CCC3(CCCN(CCO)C3=O)C2)c2ccsc2n1. The molecule has 2 saturated heterocycles. The highest BCUT2D eigenvalue weighted by Crippen LogP contribution is 2.42. The van der Waals surface area contributed by atoms with Gasteiger partial charge in [-0.3, -0.25) is 4.79 Å². The Morgan fingerprint density at radius 1 is 1.33 bits per heavy atom. The summed E-state index contributed by atoms with van der Waals surface area (Å²) < 4.78 is 0. The number of nitrogens with zero attached hydrogens (tertiary/aromatic N) is 4. The van der Waals surface area contributed by atoms with Crippen LogP contribution in [0.1, 0.15) is 25.1 Å². The van der Waals surface area contributed by atoms with Crippen LogP contribution in [0.5, 0.6) is 0 Å². The van der Waals surface area contributed by atoms with E-state index in [1.807, 2.05) is 17.2 Å². The second-order valence-electron chi connectivity index (χ2n) is 6.81. The second kappa shape index (κ2) is 5.97. The molecule has 1 N–H and O–H groups in total. The van der Waals surface area contributed by atoms with Crippen molar-refractivity contribution in [2.24, 2.45) is 5.41 Å². The molecule has 128 valence electrons. The van der Waals surface area contributed by atoms with E-state index < -0.39 is 0 Å². The normalized spacial score (nSPS) is 24.5. The summed E-state index contributed by atoms with van der Waals surface area (Å²) in [5.41, 5.74) is -0.311. The lowest BCUT2D eigenvalue weighted by atomic mass is 9.78. The van der Waals surface area contributed by atoms with Crippen LogP contribution in [0.15, 0.2) is 11.4 Å². The predicted octanol–water partition coefficient (Wildman–Crippen LogP) is 1.81. The van der Waals surface area contributed by atoms with Crippen LogP contribution >= 0.6 is 11.3 Å². The van der Waals surface area contributed by atoms with E-state index in [2.05, 4.69) is 20.9 Å². The first kappa shape index (κ1) is 15.8. The number of hydrogen-bond donors (Lipinski definition) is 1. The van der Waals surface area contributed by atoms with Gasteiger partial charge < -0.3 is 14.9 Å². The fourth-order valence-electron chi connectivity index (χ4n) is 4.10. The summed E-state index contributed by atoms with van der Waals surface area (Å²) in [7, 11) is 0. The first-order valence-corrected chi connectivity index (χ1v) is 9.38. The van der Waals surface area contributed by atoms with Gasteiger partial charge >= 0.3 is 0 Å². The van der Waals surface area contributed by atoms with Crippen molar-refractivity contribution in [1.82, 2.24) is 14.9 Å². The number of piperidine rings is 1. The molecule has 7 heteroatoms. The Balaban J connectivity index is 1.64. The maximum atomic E-state index is 13.0. The minimum atomic E-state index is -0.311. The van der Waals surface area contributed by atoms with Gasteiger partial charge in [0.1, 0.15) is 16.5 Å². The minimum Gasteiger partial charge on any atom is -0.395 e. The molecule has 1 spiro atoms. The molecule has 1 amide bonds. The van der Waals surface area contributed by atoms with Crippen molar-refractivity contribution >= 4 is 33.3 Å². The second-order valence-corrected chi connectivity index (χ2v) is 7.70. The first-order valence-electron chi connectivity index (χ1n) is 8.50. The molecule has 1 unspecified atom stereocenters. The van der Waals surface area contributed by atoms with E-state index >= 15 is 0 Å². The van der Waals surface area contributed by atoms with Crippen molar-refractivity contribution in [2.45, 2.75) is 26.2 Å². The Morgan fingerprint density at radius 2 is 2.21 bits per heavy atom. The maximum absolute atomic E-state index is 13.0. The zero-order chi connectivity index (χ0) is 16.7. The van der Waals surface area contributed by atoms with E-state index in [-0.39, 0.29) is 17.9 Å². The zero-order valence-electron chi connectivity index (χ0n) is 13.9. The predicted molar refractivity (Wildman–Crippen MR) is 94.3 cm³/mol. The Kier molecular flexibility index (Phi) is 3.92. The van der Waals surface area contributed by atoms with Gasteiger partial charge in [0.25, 0.3) is 0 Å². The topological polar surface area (TPSA) is 69.6 Å². The van der Waals surface area contributed by atoms with E-state index in [0.29, 0.717) is 6.54 Å². The molecule has 1 atom stereocenters. The lowest BCUT2D eigenvalue weighted by Gasteiger charge is -2.39. The van der Waals surface area contributed by atoms with Crippen molar-refractivity contribution in [1.29, 1.82) is 0 Å². The Morgan fingerprint density at radius 3 is 3.04 bits per heavy atom. The molecule has 2 aliphatic heterocycles. The molecule has 0 saturated carbocycles. The summed E-state index contributed by atoms with van der Waals surface area (Å²) >= 11 is 1.63. The quantitative estimate of drug-likeness (QED) is 0.918. The van der Waals surface area contributed by atoms with Gasteiger partial charge in [0.15, 0.2) is 0 Å². The lowest BCUT2D eigenvalue weighted by Crippen LogP contribution is -2.50. The number of amides is 1. The number of likely N-dealkylation sites (tertiary alicyclic amines) is 1. The van der Waals surface area contributed by atoms with Gasteiger partial charge in [0, 0.05) is 26.2 Å². The zero-order valence-corrected chi connectivity index (χ0v) is 14.7. The molecule has 0 aromatic carbocycles. The van der Waals surface area contributed by atoms with Gasteiger partial charge in [-0.05, 0) is 37.6 Å². The van der Waals surface area contributed by atoms with E-state index in [4.69, 9.17) is 0 Å². The summed E-state index contributed by atoms with van der Waals surface area (Å²) in [5, 5.41) is 12.3.